The number of benzene rings is 3. The van der Waals surface area contributed by atoms with E-state index >= 15 is 0 Å². The number of ether oxygens (including phenoxy) is 1. The van der Waals surface area contributed by atoms with E-state index in [0.29, 0.717) is 40.0 Å². The number of carbonyl (C=O) groups excluding carboxylic acids is 2. The second kappa shape index (κ2) is 14.6. The van der Waals surface area contributed by atoms with Crippen molar-refractivity contribution in [2.24, 2.45) is 0 Å². The summed E-state index contributed by atoms with van der Waals surface area (Å²) in [6.45, 7) is 5.57. The van der Waals surface area contributed by atoms with Gasteiger partial charge in [0.25, 0.3) is 10.0 Å². The maximum atomic E-state index is 14.1. The van der Waals surface area contributed by atoms with Crippen molar-refractivity contribution < 1.29 is 22.7 Å². The summed E-state index contributed by atoms with van der Waals surface area (Å²) >= 11 is 12.3. The Morgan fingerprint density at radius 1 is 0.951 bits per heavy atom. The number of amides is 2. The molecule has 0 heterocycles. The zero-order valence-corrected chi connectivity index (χ0v) is 25.9. The lowest BCUT2D eigenvalue weighted by molar-refractivity contribution is -0.140. The molecule has 41 heavy (non-hydrogen) atoms. The number of sulfonamides is 1. The van der Waals surface area contributed by atoms with E-state index in [9.17, 15) is 18.0 Å². The molecule has 1 N–H and O–H groups in total. The molecule has 2 amide bonds. The summed E-state index contributed by atoms with van der Waals surface area (Å²) in [7, 11) is -2.69. The van der Waals surface area contributed by atoms with E-state index in [0.717, 1.165) is 16.3 Å². The van der Waals surface area contributed by atoms with Crippen molar-refractivity contribution in [3.63, 3.8) is 0 Å². The van der Waals surface area contributed by atoms with Gasteiger partial charge in [-0.15, -0.1) is 0 Å². The van der Waals surface area contributed by atoms with E-state index in [2.05, 4.69) is 5.32 Å². The summed E-state index contributed by atoms with van der Waals surface area (Å²) in [5.74, 6) is -0.367. The molecule has 0 aliphatic carbocycles. The number of halogens is 2. The first kappa shape index (κ1) is 32.2. The number of aryl methyl sites for hydroxylation is 1. The number of methoxy groups -OCH3 is 1. The van der Waals surface area contributed by atoms with Crippen molar-refractivity contribution in [3.8, 4) is 5.75 Å². The Morgan fingerprint density at radius 3 is 2.17 bits per heavy atom. The van der Waals surface area contributed by atoms with Crippen molar-refractivity contribution >= 4 is 50.7 Å². The molecular formula is C30H35Cl2N3O5S. The van der Waals surface area contributed by atoms with Crippen LogP contribution in [0.1, 0.15) is 37.8 Å². The second-order valence-electron chi connectivity index (χ2n) is 9.51. The molecule has 11 heteroatoms. The van der Waals surface area contributed by atoms with Gasteiger partial charge in [0.05, 0.1) is 27.7 Å². The largest absolute Gasteiger partial charge is 0.497 e. The molecule has 0 saturated heterocycles. The molecule has 0 aliphatic heterocycles. The summed E-state index contributed by atoms with van der Waals surface area (Å²) in [5.41, 5.74) is 1.90. The number of hydrogen-bond acceptors (Lipinski definition) is 5. The number of hydrogen-bond donors (Lipinski definition) is 1. The van der Waals surface area contributed by atoms with E-state index in [1.54, 1.807) is 61.5 Å². The van der Waals surface area contributed by atoms with Crippen molar-refractivity contribution in [1.82, 2.24) is 10.2 Å². The van der Waals surface area contributed by atoms with Crippen LogP contribution < -0.4 is 14.4 Å². The fourth-order valence-electron chi connectivity index (χ4n) is 4.23. The summed E-state index contributed by atoms with van der Waals surface area (Å²) in [6, 6.07) is 16.9. The average molecular weight is 621 g/mol. The molecule has 3 aromatic carbocycles. The van der Waals surface area contributed by atoms with Gasteiger partial charge in [-0.25, -0.2) is 8.42 Å². The van der Waals surface area contributed by atoms with Crippen LogP contribution in [0.4, 0.5) is 5.69 Å². The minimum atomic E-state index is -4.18. The Balaban J connectivity index is 2.06. The van der Waals surface area contributed by atoms with E-state index in [4.69, 9.17) is 27.9 Å². The monoisotopic (exact) mass is 619 g/mol. The minimum absolute atomic E-state index is 0.00422. The van der Waals surface area contributed by atoms with Crippen LogP contribution in [0.3, 0.4) is 0 Å². The number of carbonyl (C=O) groups is 2. The fraction of sp³-hybridized carbons (Fsp3) is 0.333. The van der Waals surface area contributed by atoms with Crippen LogP contribution in [-0.4, -0.2) is 51.4 Å². The van der Waals surface area contributed by atoms with Gasteiger partial charge in [0.1, 0.15) is 18.3 Å². The quantitative estimate of drug-likeness (QED) is 0.259. The normalized spacial score (nSPS) is 12.0. The Labute approximate surface area is 252 Å². The molecule has 3 aromatic rings. The van der Waals surface area contributed by atoms with Crippen LogP contribution in [0.25, 0.3) is 0 Å². The highest BCUT2D eigenvalue weighted by atomic mass is 35.5. The van der Waals surface area contributed by atoms with Crippen molar-refractivity contribution in [3.05, 3.63) is 87.9 Å². The molecule has 3 rings (SSSR count). The first-order valence-electron chi connectivity index (χ1n) is 13.3. The van der Waals surface area contributed by atoms with Gasteiger partial charge < -0.3 is 15.0 Å². The molecule has 8 nitrogen and oxygen atoms in total. The third-order valence-electron chi connectivity index (χ3n) is 6.52. The molecule has 0 saturated carbocycles. The maximum Gasteiger partial charge on any atom is 0.264 e. The first-order chi connectivity index (χ1) is 19.5. The molecule has 0 aromatic heterocycles. The van der Waals surface area contributed by atoms with Gasteiger partial charge in [-0.05, 0) is 73.9 Å². The highest BCUT2D eigenvalue weighted by Crippen LogP contribution is 2.27. The molecule has 0 radical (unpaired) electrons. The first-order valence-corrected chi connectivity index (χ1v) is 15.5. The molecule has 220 valence electrons. The summed E-state index contributed by atoms with van der Waals surface area (Å²) in [6.07, 6.45) is 1.04. The van der Waals surface area contributed by atoms with Crippen molar-refractivity contribution in [2.45, 2.75) is 51.1 Å². The van der Waals surface area contributed by atoms with Gasteiger partial charge in [0.15, 0.2) is 0 Å². The zero-order valence-electron chi connectivity index (χ0n) is 23.6. The van der Waals surface area contributed by atoms with Crippen LogP contribution in [0.5, 0.6) is 5.75 Å². The van der Waals surface area contributed by atoms with Gasteiger partial charge >= 0.3 is 0 Å². The fourth-order valence-corrected chi connectivity index (χ4v) is 5.97. The molecule has 0 bridgehead atoms. The predicted octanol–water partition coefficient (Wildman–Crippen LogP) is 5.84. The lowest BCUT2D eigenvalue weighted by Crippen LogP contribution is -2.52. The third-order valence-corrected chi connectivity index (χ3v) is 9.05. The Morgan fingerprint density at radius 2 is 1.61 bits per heavy atom. The summed E-state index contributed by atoms with van der Waals surface area (Å²) in [4.78, 5) is 28.6. The highest BCUT2D eigenvalue weighted by Gasteiger charge is 2.33. The number of rotatable bonds is 13. The van der Waals surface area contributed by atoms with Crippen LogP contribution in [0, 0.1) is 6.92 Å². The number of anilines is 1. The van der Waals surface area contributed by atoms with Gasteiger partial charge in [-0.3, -0.25) is 13.9 Å². The van der Waals surface area contributed by atoms with E-state index < -0.39 is 28.5 Å². The van der Waals surface area contributed by atoms with E-state index in [-0.39, 0.29) is 17.3 Å². The van der Waals surface area contributed by atoms with Gasteiger partial charge in [-0.1, -0.05) is 60.8 Å². The lowest BCUT2D eigenvalue weighted by atomic mass is 10.1. The van der Waals surface area contributed by atoms with Gasteiger partial charge in [0, 0.05) is 13.1 Å². The second-order valence-corrected chi connectivity index (χ2v) is 12.2. The highest BCUT2D eigenvalue weighted by molar-refractivity contribution is 7.92. The molecule has 0 aliphatic rings. The standard InChI is InChI=1S/C30H35Cl2N3O5S/c1-5-17-33-30(37)28(6-2)34(19-22-9-16-26(31)27(32)18-22)29(36)20-35(23-10-7-21(3)8-11-23)41(38,39)25-14-12-24(40-4)13-15-25/h7-16,18,28H,5-6,17,19-20H2,1-4H3,(H,33,37). The average Bonchev–Trinajstić information content (AvgIpc) is 2.96. The Hall–Kier alpha value is -3.27. The number of nitrogens with one attached hydrogen (secondary N) is 1. The maximum absolute atomic E-state index is 14.1. The van der Waals surface area contributed by atoms with E-state index in [1.807, 2.05) is 13.8 Å². The topological polar surface area (TPSA) is 96.0 Å². The molecule has 0 spiro atoms. The Kier molecular flexibility index (Phi) is 11.5. The van der Waals surface area contributed by atoms with Crippen LogP contribution in [-0.2, 0) is 26.2 Å². The summed E-state index contributed by atoms with van der Waals surface area (Å²) < 4.78 is 34.1. The number of nitrogens with zero attached hydrogens (tertiary/aromatic N) is 2. The summed E-state index contributed by atoms with van der Waals surface area (Å²) in [5, 5.41) is 3.53. The SMILES string of the molecule is CCCNC(=O)C(CC)N(Cc1ccc(Cl)c(Cl)c1)C(=O)CN(c1ccc(C)cc1)S(=O)(=O)c1ccc(OC)cc1. The molecule has 1 atom stereocenters. The molecule has 0 fully saturated rings. The predicted molar refractivity (Wildman–Crippen MR) is 163 cm³/mol. The smallest absolute Gasteiger partial charge is 0.264 e. The molecular weight excluding hydrogens is 585 g/mol. The Bertz CT molecular complexity index is 1450. The van der Waals surface area contributed by atoms with Crippen LogP contribution in [0.15, 0.2) is 71.6 Å². The molecule has 1 unspecified atom stereocenters. The third kappa shape index (κ3) is 8.15. The van der Waals surface area contributed by atoms with Crippen LogP contribution >= 0.6 is 23.2 Å². The van der Waals surface area contributed by atoms with Gasteiger partial charge in [-0.2, -0.15) is 0 Å². The van der Waals surface area contributed by atoms with Gasteiger partial charge in [0.2, 0.25) is 11.8 Å². The minimum Gasteiger partial charge on any atom is -0.497 e. The van der Waals surface area contributed by atoms with Crippen molar-refractivity contribution in [1.29, 1.82) is 0 Å². The van der Waals surface area contributed by atoms with Crippen LogP contribution in [0.2, 0.25) is 10.0 Å². The zero-order chi connectivity index (χ0) is 30.2. The van der Waals surface area contributed by atoms with E-state index in [1.165, 1.54) is 24.1 Å². The van der Waals surface area contributed by atoms with Crippen molar-refractivity contribution in [2.75, 3.05) is 24.5 Å². The lowest BCUT2D eigenvalue weighted by Gasteiger charge is -2.33.